The van der Waals surface area contributed by atoms with Crippen LogP contribution < -0.4 is 14.8 Å². The molecule has 0 aliphatic rings. The van der Waals surface area contributed by atoms with Gasteiger partial charge in [0.1, 0.15) is 6.61 Å². The van der Waals surface area contributed by atoms with Crippen LogP contribution in [0.3, 0.4) is 0 Å². The van der Waals surface area contributed by atoms with Crippen LogP contribution in [0, 0.1) is 13.8 Å². The van der Waals surface area contributed by atoms with Gasteiger partial charge in [0.25, 0.3) is 0 Å². The Morgan fingerprint density at radius 2 is 1.70 bits per heavy atom. The quantitative estimate of drug-likeness (QED) is 0.405. The molecule has 0 aliphatic carbocycles. The number of carbonyl (C=O) groups is 1. The summed E-state index contributed by atoms with van der Waals surface area (Å²) in [6.07, 6.45) is 1.95. The topological polar surface area (TPSA) is 47.6 Å². The fourth-order valence-electron chi connectivity index (χ4n) is 3.67. The number of hydrogen-bond donors (Lipinski definition) is 1. The fraction of sp³-hybridized carbons (Fsp3) is 0.276. The van der Waals surface area contributed by atoms with Crippen molar-refractivity contribution in [2.45, 2.75) is 47.3 Å². The second-order valence-electron chi connectivity index (χ2n) is 8.62. The summed E-state index contributed by atoms with van der Waals surface area (Å²) in [4.78, 5) is 12.3. The molecule has 0 atom stereocenters. The smallest absolute Gasteiger partial charge is 0.247 e. The first kappa shape index (κ1) is 24.1. The molecule has 0 aromatic heterocycles. The van der Waals surface area contributed by atoms with Crippen molar-refractivity contribution < 1.29 is 14.3 Å². The summed E-state index contributed by atoms with van der Waals surface area (Å²) in [5.74, 6) is 1.37. The van der Waals surface area contributed by atoms with Gasteiger partial charge in [-0.3, -0.25) is 4.79 Å². The lowest BCUT2D eigenvalue weighted by molar-refractivity contribution is -0.117. The molecular formula is C29H33NO3. The van der Waals surface area contributed by atoms with E-state index < -0.39 is 0 Å². The molecule has 1 amide bonds. The average Bonchev–Trinajstić information content (AvgIpc) is 2.80. The number of benzene rings is 3. The number of methoxy groups -OCH3 is 1. The van der Waals surface area contributed by atoms with Gasteiger partial charge >= 0.3 is 0 Å². The van der Waals surface area contributed by atoms with E-state index in [1.54, 1.807) is 7.11 Å². The van der Waals surface area contributed by atoms with Gasteiger partial charge < -0.3 is 14.8 Å². The van der Waals surface area contributed by atoms with Gasteiger partial charge in [0.15, 0.2) is 11.5 Å². The number of nitrogens with one attached hydrogen (secondary N) is 1. The van der Waals surface area contributed by atoms with Crippen molar-refractivity contribution in [3.05, 3.63) is 88.5 Å². The van der Waals surface area contributed by atoms with Crippen LogP contribution in [0.15, 0.2) is 66.2 Å². The minimum Gasteiger partial charge on any atom is -0.493 e. The molecule has 0 bridgehead atoms. The second-order valence-corrected chi connectivity index (χ2v) is 8.62. The standard InChI is InChI=1S/C29H33NO3/c1-19(2)30-29(31)22(5)15-25-14-21(4)26(16-20(25)3)24-12-13-27(28(17-24)32-6)33-18-23-10-8-7-9-11-23/h7-17,19H,18H2,1-6H3,(H,30,31)/b22-15+. The summed E-state index contributed by atoms with van der Waals surface area (Å²) >= 11 is 0. The molecule has 0 spiro atoms. The predicted molar refractivity (Wildman–Crippen MR) is 136 cm³/mol. The molecule has 3 aromatic rings. The lowest BCUT2D eigenvalue weighted by Gasteiger charge is -2.15. The summed E-state index contributed by atoms with van der Waals surface area (Å²) in [6.45, 7) is 10.4. The SMILES string of the molecule is COc1cc(-c2cc(C)c(/C=C(\C)C(=O)NC(C)C)cc2C)ccc1OCc1ccccc1. The highest BCUT2D eigenvalue weighted by Crippen LogP contribution is 2.35. The van der Waals surface area contributed by atoms with Gasteiger partial charge in [-0.15, -0.1) is 0 Å². The highest BCUT2D eigenvalue weighted by molar-refractivity contribution is 5.97. The average molecular weight is 444 g/mol. The Hall–Kier alpha value is -3.53. The van der Waals surface area contributed by atoms with Gasteiger partial charge in [0.05, 0.1) is 7.11 Å². The van der Waals surface area contributed by atoms with E-state index in [0.29, 0.717) is 23.7 Å². The largest absolute Gasteiger partial charge is 0.493 e. The summed E-state index contributed by atoms with van der Waals surface area (Å²) in [5, 5.41) is 2.94. The lowest BCUT2D eigenvalue weighted by Crippen LogP contribution is -2.30. The van der Waals surface area contributed by atoms with Crippen LogP contribution in [0.4, 0.5) is 0 Å². The summed E-state index contributed by atoms with van der Waals surface area (Å²) in [6, 6.07) is 20.5. The van der Waals surface area contributed by atoms with Gasteiger partial charge in [-0.2, -0.15) is 0 Å². The van der Waals surface area contributed by atoms with Crippen LogP contribution in [-0.2, 0) is 11.4 Å². The first-order valence-corrected chi connectivity index (χ1v) is 11.2. The maximum Gasteiger partial charge on any atom is 0.247 e. The van der Waals surface area contributed by atoms with Gasteiger partial charge in [0.2, 0.25) is 5.91 Å². The second kappa shape index (κ2) is 10.9. The Balaban J connectivity index is 1.85. The highest BCUT2D eigenvalue weighted by atomic mass is 16.5. The van der Waals surface area contributed by atoms with E-state index in [1.807, 2.05) is 69.3 Å². The van der Waals surface area contributed by atoms with Gasteiger partial charge in [-0.05, 0) is 86.2 Å². The monoisotopic (exact) mass is 443 g/mol. The third-order valence-electron chi connectivity index (χ3n) is 5.47. The Bertz CT molecular complexity index is 1150. The number of hydrogen-bond acceptors (Lipinski definition) is 3. The van der Waals surface area contributed by atoms with Crippen LogP contribution in [0.25, 0.3) is 17.2 Å². The van der Waals surface area contributed by atoms with Crippen molar-refractivity contribution in [2.75, 3.05) is 7.11 Å². The molecule has 33 heavy (non-hydrogen) atoms. The van der Waals surface area contributed by atoms with Gasteiger partial charge in [0, 0.05) is 11.6 Å². The normalized spacial score (nSPS) is 11.4. The zero-order valence-electron chi connectivity index (χ0n) is 20.4. The number of carbonyl (C=O) groups excluding carboxylic acids is 1. The van der Waals surface area contributed by atoms with Crippen molar-refractivity contribution in [1.82, 2.24) is 5.32 Å². The van der Waals surface area contributed by atoms with E-state index in [1.165, 1.54) is 0 Å². The van der Waals surface area contributed by atoms with E-state index in [2.05, 4.69) is 37.4 Å². The third kappa shape index (κ3) is 6.26. The van der Waals surface area contributed by atoms with Crippen molar-refractivity contribution in [1.29, 1.82) is 0 Å². The molecule has 4 nitrogen and oxygen atoms in total. The molecule has 0 aliphatic heterocycles. The van der Waals surface area contributed by atoms with Crippen LogP contribution in [0.2, 0.25) is 0 Å². The summed E-state index contributed by atoms with van der Waals surface area (Å²) < 4.78 is 11.6. The minimum atomic E-state index is -0.0399. The maximum absolute atomic E-state index is 12.3. The molecule has 172 valence electrons. The first-order chi connectivity index (χ1) is 15.8. The Labute approximate surface area is 197 Å². The van der Waals surface area contributed by atoms with E-state index in [-0.39, 0.29) is 11.9 Å². The van der Waals surface area contributed by atoms with E-state index >= 15 is 0 Å². The molecule has 3 aromatic carbocycles. The van der Waals surface area contributed by atoms with Crippen LogP contribution in [-0.4, -0.2) is 19.1 Å². The minimum absolute atomic E-state index is 0.0399. The van der Waals surface area contributed by atoms with Crippen LogP contribution >= 0.6 is 0 Å². The van der Waals surface area contributed by atoms with Crippen LogP contribution in [0.5, 0.6) is 11.5 Å². The molecule has 0 unspecified atom stereocenters. The van der Waals surface area contributed by atoms with Crippen molar-refractivity contribution in [3.63, 3.8) is 0 Å². The van der Waals surface area contributed by atoms with Gasteiger partial charge in [-0.25, -0.2) is 0 Å². The highest BCUT2D eigenvalue weighted by Gasteiger charge is 2.12. The zero-order valence-corrected chi connectivity index (χ0v) is 20.4. The number of amides is 1. The Morgan fingerprint density at radius 1 is 0.970 bits per heavy atom. The molecule has 0 heterocycles. The van der Waals surface area contributed by atoms with Gasteiger partial charge in [-0.1, -0.05) is 48.5 Å². The molecule has 0 radical (unpaired) electrons. The molecule has 1 N–H and O–H groups in total. The molecule has 0 fully saturated rings. The molecular weight excluding hydrogens is 410 g/mol. The zero-order chi connectivity index (χ0) is 24.0. The molecule has 0 saturated carbocycles. The summed E-state index contributed by atoms with van der Waals surface area (Å²) in [7, 11) is 1.66. The Kier molecular flexibility index (Phi) is 7.94. The molecule has 4 heteroatoms. The first-order valence-electron chi connectivity index (χ1n) is 11.2. The van der Waals surface area contributed by atoms with Crippen molar-refractivity contribution >= 4 is 12.0 Å². The van der Waals surface area contributed by atoms with Crippen LogP contribution in [0.1, 0.15) is 43.0 Å². The fourth-order valence-corrected chi connectivity index (χ4v) is 3.67. The molecule has 3 rings (SSSR count). The number of rotatable bonds is 8. The van der Waals surface area contributed by atoms with E-state index in [0.717, 1.165) is 33.4 Å². The number of ether oxygens (including phenoxy) is 2. The number of aryl methyl sites for hydroxylation is 2. The van der Waals surface area contributed by atoms with E-state index in [4.69, 9.17) is 9.47 Å². The van der Waals surface area contributed by atoms with E-state index in [9.17, 15) is 4.79 Å². The Morgan fingerprint density at radius 3 is 2.36 bits per heavy atom. The van der Waals surface area contributed by atoms with Crippen molar-refractivity contribution in [2.24, 2.45) is 0 Å². The third-order valence-corrected chi connectivity index (χ3v) is 5.47. The molecule has 0 saturated heterocycles. The lowest BCUT2D eigenvalue weighted by atomic mass is 9.94. The maximum atomic E-state index is 12.3. The predicted octanol–water partition coefficient (Wildman–Crippen LogP) is 6.49. The van der Waals surface area contributed by atoms with Crippen molar-refractivity contribution in [3.8, 4) is 22.6 Å². The summed E-state index contributed by atoms with van der Waals surface area (Å²) in [5.41, 5.74) is 7.27.